The summed E-state index contributed by atoms with van der Waals surface area (Å²) < 4.78 is 2.10. The first-order valence-corrected chi connectivity index (χ1v) is 7.68. The van der Waals surface area contributed by atoms with E-state index in [9.17, 15) is 0 Å². The highest BCUT2D eigenvalue weighted by Gasteiger charge is 2.38. The molecule has 3 nitrogen and oxygen atoms in total. The van der Waals surface area contributed by atoms with Gasteiger partial charge in [0.05, 0.1) is 17.4 Å². The Morgan fingerprint density at radius 3 is 2.79 bits per heavy atom. The molecule has 2 heterocycles. The Kier molecular flexibility index (Phi) is 3.37. The average Bonchev–Trinajstić information content (AvgIpc) is 3.08. The van der Waals surface area contributed by atoms with Crippen molar-refractivity contribution in [2.75, 3.05) is 5.75 Å². The highest BCUT2D eigenvalue weighted by atomic mass is 32.2. The van der Waals surface area contributed by atoms with E-state index in [0.717, 1.165) is 11.4 Å². The molecule has 1 aromatic heterocycles. The molecule has 0 aliphatic carbocycles. The Hall–Kier alpha value is -1.26. The van der Waals surface area contributed by atoms with Crippen LogP contribution < -0.4 is 5.73 Å². The SMILES string of the molecule is CC1(C(N)c2ccnn2-c2ccccc2)CCCS1. The van der Waals surface area contributed by atoms with E-state index in [-0.39, 0.29) is 10.8 Å². The van der Waals surface area contributed by atoms with Crippen molar-refractivity contribution in [1.82, 2.24) is 9.78 Å². The minimum absolute atomic E-state index is 0.0164. The van der Waals surface area contributed by atoms with E-state index in [1.54, 1.807) is 0 Å². The second-order valence-corrected chi connectivity index (χ2v) is 6.88. The topological polar surface area (TPSA) is 43.8 Å². The van der Waals surface area contributed by atoms with E-state index >= 15 is 0 Å². The molecule has 0 spiro atoms. The van der Waals surface area contributed by atoms with Crippen molar-refractivity contribution >= 4 is 11.8 Å². The fourth-order valence-electron chi connectivity index (χ4n) is 2.69. The summed E-state index contributed by atoms with van der Waals surface area (Å²) in [4.78, 5) is 0. The van der Waals surface area contributed by atoms with Gasteiger partial charge in [0.25, 0.3) is 0 Å². The molecule has 2 aromatic rings. The summed E-state index contributed by atoms with van der Waals surface area (Å²) in [5.41, 5.74) is 8.71. The molecule has 0 radical (unpaired) electrons. The van der Waals surface area contributed by atoms with E-state index in [4.69, 9.17) is 5.73 Å². The number of hydrogen-bond acceptors (Lipinski definition) is 3. The first kappa shape index (κ1) is 12.8. The zero-order valence-electron chi connectivity index (χ0n) is 11.1. The molecule has 1 aliphatic rings. The molecule has 19 heavy (non-hydrogen) atoms. The Labute approximate surface area is 118 Å². The van der Waals surface area contributed by atoms with Crippen molar-refractivity contribution in [3.05, 3.63) is 48.3 Å². The maximum Gasteiger partial charge on any atom is 0.0649 e. The van der Waals surface area contributed by atoms with E-state index in [0.29, 0.717) is 0 Å². The van der Waals surface area contributed by atoms with Crippen LogP contribution in [0, 0.1) is 0 Å². The van der Waals surface area contributed by atoms with Gasteiger partial charge in [-0.25, -0.2) is 4.68 Å². The van der Waals surface area contributed by atoms with Crippen LogP contribution in [0.2, 0.25) is 0 Å². The Morgan fingerprint density at radius 1 is 1.32 bits per heavy atom. The second-order valence-electron chi connectivity index (χ2n) is 5.25. The van der Waals surface area contributed by atoms with Crippen LogP contribution in [0.4, 0.5) is 0 Å². The predicted octanol–water partition coefficient (Wildman–Crippen LogP) is 3.16. The number of aromatic nitrogens is 2. The van der Waals surface area contributed by atoms with Crippen molar-refractivity contribution in [3.63, 3.8) is 0 Å². The smallest absolute Gasteiger partial charge is 0.0649 e. The fraction of sp³-hybridized carbons (Fsp3) is 0.400. The molecule has 2 N–H and O–H groups in total. The zero-order chi connectivity index (χ0) is 13.3. The van der Waals surface area contributed by atoms with E-state index in [1.807, 2.05) is 46.9 Å². The Morgan fingerprint density at radius 2 is 2.11 bits per heavy atom. The Bertz CT molecular complexity index is 544. The lowest BCUT2D eigenvalue weighted by molar-refractivity contribution is 0.482. The van der Waals surface area contributed by atoms with Crippen LogP contribution in [0.1, 0.15) is 31.5 Å². The lowest BCUT2D eigenvalue weighted by atomic mass is 9.94. The van der Waals surface area contributed by atoms with Crippen LogP contribution in [-0.4, -0.2) is 20.3 Å². The van der Waals surface area contributed by atoms with Crippen molar-refractivity contribution in [2.24, 2.45) is 5.73 Å². The third kappa shape index (κ3) is 2.30. The molecule has 0 saturated carbocycles. The van der Waals surface area contributed by atoms with Crippen LogP contribution in [0.5, 0.6) is 0 Å². The molecule has 1 aromatic carbocycles. The predicted molar refractivity (Wildman–Crippen MR) is 80.6 cm³/mol. The Balaban J connectivity index is 1.96. The highest BCUT2D eigenvalue weighted by Crippen LogP contribution is 2.45. The molecule has 4 heteroatoms. The lowest BCUT2D eigenvalue weighted by Crippen LogP contribution is -2.34. The minimum Gasteiger partial charge on any atom is -0.322 e. The first-order chi connectivity index (χ1) is 9.21. The van der Waals surface area contributed by atoms with Gasteiger partial charge in [0.15, 0.2) is 0 Å². The van der Waals surface area contributed by atoms with Crippen LogP contribution in [0.3, 0.4) is 0 Å². The lowest BCUT2D eigenvalue weighted by Gasteiger charge is -2.30. The summed E-state index contributed by atoms with van der Waals surface area (Å²) in [6.45, 7) is 2.28. The van der Waals surface area contributed by atoms with Crippen molar-refractivity contribution in [1.29, 1.82) is 0 Å². The molecule has 3 rings (SSSR count). The van der Waals surface area contributed by atoms with Crippen molar-refractivity contribution in [2.45, 2.75) is 30.6 Å². The third-order valence-corrected chi connectivity index (χ3v) is 5.51. The molecular weight excluding hydrogens is 254 g/mol. The van der Waals surface area contributed by atoms with Gasteiger partial charge >= 0.3 is 0 Å². The van der Waals surface area contributed by atoms with Gasteiger partial charge in [-0.3, -0.25) is 0 Å². The number of nitrogens with zero attached hydrogens (tertiary/aromatic N) is 2. The zero-order valence-corrected chi connectivity index (χ0v) is 11.9. The number of para-hydroxylation sites is 1. The average molecular weight is 273 g/mol. The maximum absolute atomic E-state index is 6.54. The number of hydrogen-bond donors (Lipinski definition) is 1. The molecule has 2 atom stereocenters. The van der Waals surface area contributed by atoms with Crippen molar-refractivity contribution in [3.8, 4) is 5.69 Å². The van der Waals surface area contributed by atoms with Gasteiger partial charge in [-0.15, -0.1) is 0 Å². The first-order valence-electron chi connectivity index (χ1n) is 6.70. The molecule has 2 unspecified atom stereocenters. The summed E-state index contributed by atoms with van der Waals surface area (Å²) in [5, 5.41) is 4.44. The van der Waals surface area contributed by atoms with Gasteiger partial charge in [-0.1, -0.05) is 18.2 Å². The minimum atomic E-state index is 0.0164. The summed E-state index contributed by atoms with van der Waals surface area (Å²) >= 11 is 1.99. The molecule has 1 fully saturated rings. The van der Waals surface area contributed by atoms with E-state index < -0.39 is 0 Å². The largest absolute Gasteiger partial charge is 0.322 e. The summed E-state index contributed by atoms with van der Waals surface area (Å²) in [5.74, 6) is 1.21. The molecular formula is C15H19N3S. The van der Waals surface area contributed by atoms with Gasteiger partial charge in [0.2, 0.25) is 0 Å². The van der Waals surface area contributed by atoms with Crippen LogP contribution in [0.15, 0.2) is 42.6 Å². The van der Waals surface area contributed by atoms with Gasteiger partial charge in [0.1, 0.15) is 0 Å². The number of thioether (sulfide) groups is 1. The number of rotatable bonds is 3. The van der Waals surface area contributed by atoms with E-state index in [2.05, 4.69) is 24.2 Å². The van der Waals surface area contributed by atoms with Crippen LogP contribution >= 0.6 is 11.8 Å². The molecule has 1 aliphatic heterocycles. The number of nitrogens with two attached hydrogens (primary N) is 1. The fourth-order valence-corrected chi connectivity index (χ4v) is 4.04. The molecule has 100 valence electrons. The third-order valence-electron chi connectivity index (χ3n) is 3.90. The molecule has 0 bridgehead atoms. The van der Waals surface area contributed by atoms with Crippen LogP contribution in [0.25, 0.3) is 5.69 Å². The summed E-state index contributed by atoms with van der Waals surface area (Å²) in [6, 6.07) is 12.3. The van der Waals surface area contributed by atoms with Gasteiger partial charge in [-0.2, -0.15) is 16.9 Å². The highest BCUT2D eigenvalue weighted by molar-refractivity contribution is 8.00. The quantitative estimate of drug-likeness (QED) is 0.934. The van der Waals surface area contributed by atoms with Crippen LogP contribution in [-0.2, 0) is 0 Å². The maximum atomic E-state index is 6.54. The number of benzene rings is 1. The second kappa shape index (κ2) is 5.02. The summed E-state index contributed by atoms with van der Waals surface area (Å²) in [6.07, 6.45) is 4.28. The monoisotopic (exact) mass is 273 g/mol. The van der Waals surface area contributed by atoms with Gasteiger partial charge in [-0.05, 0) is 43.7 Å². The van der Waals surface area contributed by atoms with E-state index in [1.165, 1.54) is 18.6 Å². The molecule has 0 amide bonds. The standard InChI is InChI=1S/C15H19N3S/c1-15(9-5-11-19-15)14(16)13-8-10-17-18(13)12-6-3-2-4-7-12/h2-4,6-8,10,14H,5,9,11,16H2,1H3. The van der Waals surface area contributed by atoms with Gasteiger partial charge in [0, 0.05) is 10.9 Å². The molecule has 1 saturated heterocycles. The summed E-state index contributed by atoms with van der Waals surface area (Å²) in [7, 11) is 0. The van der Waals surface area contributed by atoms with Crippen molar-refractivity contribution < 1.29 is 0 Å². The normalized spacial score (nSPS) is 24.5. The van der Waals surface area contributed by atoms with Gasteiger partial charge < -0.3 is 5.73 Å².